The smallest absolute Gasteiger partial charge is 0.242 e. The Balaban J connectivity index is 1.61. The van der Waals surface area contributed by atoms with Crippen molar-refractivity contribution in [2.75, 3.05) is 5.32 Å². The lowest BCUT2D eigenvalue weighted by Gasteiger charge is -2.10. The fourth-order valence-electron chi connectivity index (χ4n) is 2.30. The number of amides is 1. The number of aromatic nitrogens is 1. The van der Waals surface area contributed by atoms with E-state index in [-0.39, 0.29) is 18.0 Å². The summed E-state index contributed by atoms with van der Waals surface area (Å²) in [6.07, 6.45) is 4.03. The lowest BCUT2D eigenvalue weighted by atomic mass is 10.0. The number of rotatable bonds is 3. The van der Waals surface area contributed by atoms with Crippen molar-refractivity contribution in [3.63, 3.8) is 0 Å². The van der Waals surface area contributed by atoms with Crippen molar-refractivity contribution in [2.24, 2.45) is 0 Å². The summed E-state index contributed by atoms with van der Waals surface area (Å²) in [5, 5.41) is 2.87. The first-order valence-corrected chi connectivity index (χ1v) is 6.60. The van der Waals surface area contributed by atoms with Crippen LogP contribution in [0.15, 0.2) is 54.9 Å². The Morgan fingerprint density at radius 3 is 2.60 bits per heavy atom. The number of anilines is 1. The summed E-state index contributed by atoms with van der Waals surface area (Å²) in [7, 11) is 0. The van der Waals surface area contributed by atoms with Crippen molar-refractivity contribution < 1.29 is 4.79 Å². The molecule has 1 aliphatic heterocycles. The molecule has 0 saturated carbocycles. The summed E-state index contributed by atoms with van der Waals surface area (Å²) in [5.41, 5.74) is 8.15. The molecule has 0 bridgehead atoms. The third kappa shape index (κ3) is 2.84. The molecule has 3 rings (SSSR count). The lowest BCUT2D eigenvalue weighted by Crippen LogP contribution is -2.39. The molecule has 1 saturated heterocycles. The monoisotopic (exact) mass is 268 g/mol. The minimum absolute atomic E-state index is 0.0397. The van der Waals surface area contributed by atoms with Gasteiger partial charge in [-0.25, -0.2) is 10.9 Å². The van der Waals surface area contributed by atoms with E-state index in [1.54, 1.807) is 24.5 Å². The Morgan fingerprint density at radius 1 is 1.10 bits per heavy atom. The molecule has 2 heterocycles. The Hall–Kier alpha value is -2.24. The first-order chi connectivity index (χ1) is 9.83. The van der Waals surface area contributed by atoms with E-state index in [9.17, 15) is 4.79 Å². The van der Waals surface area contributed by atoms with Gasteiger partial charge in [0.15, 0.2) is 0 Å². The minimum Gasteiger partial charge on any atom is -0.325 e. The molecular formula is C15H16N4O. The number of hydrogen-bond donors (Lipinski definition) is 3. The second-order valence-corrected chi connectivity index (χ2v) is 4.77. The maximum Gasteiger partial charge on any atom is 0.242 e. The van der Waals surface area contributed by atoms with Crippen LogP contribution in [0.3, 0.4) is 0 Å². The molecule has 0 radical (unpaired) electrons. The van der Waals surface area contributed by atoms with Crippen LogP contribution in [-0.2, 0) is 4.79 Å². The maximum absolute atomic E-state index is 12.2. The van der Waals surface area contributed by atoms with Crippen LogP contribution in [0.2, 0.25) is 0 Å². The second-order valence-electron chi connectivity index (χ2n) is 4.77. The number of nitrogens with zero attached hydrogens (tertiary/aromatic N) is 1. The summed E-state index contributed by atoms with van der Waals surface area (Å²) in [6.45, 7) is 0. The van der Waals surface area contributed by atoms with Crippen LogP contribution in [0, 0.1) is 0 Å². The summed E-state index contributed by atoms with van der Waals surface area (Å²) in [4.78, 5) is 16.1. The van der Waals surface area contributed by atoms with Crippen molar-refractivity contribution in [2.45, 2.75) is 18.5 Å². The van der Waals surface area contributed by atoms with E-state index in [1.165, 1.54) is 5.56 Å². The highest BCUT2D eigenvalue weighted by Gasteiger charge is 2.29. The van der Waals surface area contributed by atoms with E-state index in [1.807, 2.05) is 18.2 Å². The van der Waals surface area contributed by atoms with Gasteiger partial charge in [0.25, 0.3) is 0 Å². The van der Waals surface area contributed by atoms with Crippen LogP contribution in [0.5, 0.6) is 0 Å². The SMILES string of the molecule is O=C(Nc1ccncc1)C1CC(c2ccccc2)NN1. The summed E-state index contributed by atoms with van der Waals surface area (Å²) >= 11 is 0. The molecule has 1 aromatic heterocycles. The normalized spacial score (nSPS) is 21.6. The molecule has 1 aliphatic rings. The minimum atomic E-state index is -0.242. The third-order valence-electron chi connectivity index (χ3n) is 3.37. The fourth-order valence-corrected chi connectivity index (χ4v) is 2.30. The number of hydrazine groups is 1. The van der Waals surface area contributed by atoms with Gasteiger partial charge >= 0.3 is 0 Å². The average molecular weight is 268 g/mol. The lowest BCUT2D eigenvalue weighted by molar-refractivity contribution is -0.117. The van der Waals surface area contributed by atoms with E-state index in [0.29, 0.717) is 0 Å². The molecule has 5 nitrogen and oxygen atoms in total. The van der Waals surface area contributed by atoms with Gasteiger partial charge in [0, 0.05) is 24.1 Å². The van der Waals surface area contributed by atoms with Gasteiger partial charge in [0.1, 0.15) is 6.04 Å². The Morgan fingerprint density at radius 2 is 1.85 bits per heavy atom. The zero-order valence-corrected chi connectivity index (χ0v) is 10.9. The standard InChI is InChI=1S/C15H16N4O/c20-15(17-12-6-8-16-9-7-12)14-10-13(18-19-14)11-4-2-1-3-5-11/h1-9,13-14,18-19H,10H2,(H,16,17,20). The van der Waals surface area contributed by atoms with Gasteiger partial charge in [0.05, 0.1) is 0 Å². The molecule has 1 fully saturated rings. The van der Waals surface area contributed by atoms with Crippen LogP contribution >= 0.6 is 0 Å². The molecule has 0 spiro atoms. The van der Waals surface area contributed by atoms with Gasteiger partial charge in [-0.1, -0.05) is 30.3 Å². The van der Waals surface area contributed by atoms with Crippen molar-refractivity contribution in [1.29, 1.82) is 0 Å². The van der Waals surface area contributed by atoms with Crippen molar-refractivity contribution in [1.82, 2.24) is 15.8 Å². The van der Waals surface area contributed by atoms with Crippen LogP contribution in [-0.4, -0.2) is 16.9 Å². The summed E-state index contributed by atoms with van der Waals surface area (Å²) in [6, 6.07) is 13.6. The molecule has 2 atom stereocenters. The van der Waals surface area contributed by atoms with Crippen LogP contribution < -0.4 is 16.2 Å². The van der Waals surface area contributed by atoms with Crippen molar-refractivity contribution >= 4 is 11.6 Å². The molecule has 2 aromatic rings. The van der Waals surface area contributed by atoms with Gasteiger partial charge in [-0.2, -0.15) is 0 Å². The summed E-state index contributed by atoms with van der Waals surface area (Å²) < 4.78 is 0. The third-order valence-corrected chi connectivity index (χ3v) is 3.37. The number of carbonyl (C=O) groups is 1. The molecule has 5 heteroatoms. The van der Waals surface area contributed by atoms with Gasteiger partial charge in [-0.15, -0.1) is 0 Å². The number of carbonyl (C=O) groups excluding carboxylic acids is 1. The molecule has 102 valence electrons. The van der Waals surface area contributed by atoms with E-state index in [0.717, 1.165) is 12.1 Å². The van der Waals surface area contributed by atoms with Crippen LogP contribution in [0.25, 0.3) is 0 Å². The van der Waals surface area contributed by atoms with Crippen LogP contribution in [0.1, 0.15) is 18.0 Å². The van der Waals surface area contributed by atoms with E-state index in [4.69, 9.17) is 0 Å². The molecule has 3 N–H and O–H groups in total. The van der Waals surface area contributed by atoms with E-state index >= 15 is 0 Å². The maximum atomic E-state index is 12.2. The predicted octanol–water partition coefficient (Wildman–Crippen LogP) is 1.63. The van der Waals surface area contributed by atoms with E-state index < -0.39 is 0 Å². The predicted molar refractivity (Wildman–Crippen MR) is 76.7 cm³/mol. The number of pyridine rings is 1. The highest BCUT2D eigenvalue weighted by atomic mass is 16.2. The Labute approximate surface area is 117 Å². The molecule has 0 aliphatic carbocycles. The molecule has 2 unspecified atom stereocenters. The average Bonchev–Trinajstić information content (AvgIpc) is 2.99. The quantitative estimate of drug-likeness (QED) is 0.791. The zero-order valence-electron chi connectivity index (χ0n) is 10.9. The van der Waals surface area contributed by atoms with Gasteiger partial charge in [0.2, 0.25) is 5.91 Å². The van der Waals surface area contributed by atoms with Gasteiger partial charge in [-0.05, 0) is 24.1 Å². The number of hydrogen-bond acceptors (Lipinski definition) is 4. The molecule has 20 heavy (non-hydrogen) atoms. The highest BCUT2D eigenvalue weighted by molar-refractivity contribution is 5.94. The zero-order chi connectivity index (χ0) is 13.8. The van der Waals surface area contributed by atoms with Gasteiger partial charge < -0.3 is 5.32 Å². The topological polar surface area (TPSA) is 66.0 Å². The van der Waals surface area contributed by atoms with E-state index in [2.05, 4.69) is 33.3 Å². The van der Waals surface area contributed by atoms with Crippen molar-refractivity contribution in [3.8, 4) is 0 Å². The highest BCUT2D eigenvalue weighted by Crippen LogP contribution is 2.22. The summed E-state index contributed by atoms with van der Waals surface area (Å²) in [5.74, 6) is -0.0397. The van der Waals surface area contributed by atoms with Crippen LogP contribution in [0.4, 0.5) is 5.69 Å². The Bertz CT molecular complexity index is 573. The molecular weight excluding hydrogens is 252 g/mol. The number of nitrogens with one attached hydrogen (secondary N) is 3. The van der Waals surface area contributed by atoms with Gasteiger partial charge in [-0.3, -0.25) is 9.78 Å². The molecule has 1 aromatic carbocycles. The second kappa shape index (κ2) is 5.81. The largest absolute Gasteiger partial charge is 0.325 e. The first kappa shape index (κ1) is 12.8. The number of benzene rings is 1. The fraction of sp³-hybridized carbons (Fsp3) is 0.200. The first-order valence-electron chi connectivity index (χ1n) is 6.60. The molecule has 1 amide bonds. The van der Waals surface area contributed by atoms with Crippen molar-refractivity contribution in [3.05, 3.63) is 60.4 Å². The Kier molecular flexibility index (Phi) is 3.71.